The average Bonchev–Trinajstić information content (AvgIpc) is 2.98. The lowest BCUT2D eigenvalue weighted by Gasteiger charge is -1.97. The number of hydrogen-bond acceptors (Lipinski definition) is 3. The lowest BCUT2D eigenvalue weighted by atomic mass is 10.1. The Morgan fingerprint density at radius 1 is 0.917 bits per heavy atom. The zero-order chi connectivity index (χ0) is 16.5. The Morgan fingerprint density at radius 2 is 1.75 bits per heavy atom. The summed E-state index contributed by atoms with van der Waals surface area (Å²) in [5, 5.41) is 13.1. The summed E-state index contributed by atoms with van der Waals surface area (Å²) in [6, 6.07) is 20.5. The standard InChI is InChI=1S/C19H13N3O2/c23-22(24)15-5-3-4-13(10-15)12-20-14-8-9-19-17(11-14)16-6-1-2-7-18(16)21-19/h1-12,21H. The molecule has 4 aromatic rings. The second-order valence-corrected chi connectivity index (χ2v) is 5.51. The number of aliphatic imine (C=N–C) groups is 1. The van der Waals surface area contributed by atoms with Crippen LogP contribution in [0.2, 0.25) is 0 Å². The van der Waals surface area contributed by atoms with Gasteiger partial charge >= 0.3 is 0 Å². The molecule has 5 nitrogen and oxygen atoms in total. The molecule has 24 heavy (non-hydrogen) atoms. The molecule has 0 bridgehead atoms. The normalized spacial score (nSPS) is 11.5. The highest BCUT2D eigenvalue weighted by molar-refractivity contribution is 6.08. The Bertz CT molecular complexity index is 1100. The van der Waals surface area contributed by atoms with Gasteiger partial charge in [-0.05, 0) is 29.8 Å². The van der Waals surface area contributed by atoms with E-state index in [0.29, 0.717) is 5.56 Å². The summed E-state index contributed by atoms with van der Waals surface area (Å²) in [4.78, 5) is 18.2. The fourth-order valence-electron chi connectivity index (χ4n) is 2.78. The molecule has 0 aliphatic heterocycles. The van der Waals surface area contributed by atoms with Crippen LogP contribution in [0.3, 0.4) is 0 Å². The quantitative estimate of drug-likeness (QED) is 0.329. The fraction of sp³-hybridized carbons (Fsp3) is 0. The molecule has 0 spiro atoms. The van der Waals surface area contributed by atoms with E-state index >= 15 is 0 Å². The number of aromatic amines is 1. The third-order valence-electron chi connectivity index (χ3n) is 3.93. The number of nitrogens with one attached hydrogen (secondary N) is 1. The average molecular weight is 315 g/mol. The van der Waals surface area contributed by atoms with Gasteiger partial charge in [0.15, 0.2) is 0 Å². The SMILES string of the molecule is O=[N+]([O-])c1cccc(C=Nc2ccc3[nH]c4ccccc4c3c2)c1. The lowest BCUT2D eigenvalue weighted by Crippen LogP contribution is -1.89. The van der Waals surface area contributed by atoms with E-state index in [1.165, 1.54) is 12.1 Å². The summed E-state index contributed by atoms with van der Waals surface area (Å²) in [5.74, 6) is 0. The van der Waals surface area contributed by atoms with Crippen molar-refractivity contribution in [3.63, 3.8) is 0 Å². The van der Waals surface area contributed by atoms with Gasteiger partial charge in [0.05, 0.1) is 10.6 Å². The predicted octanol–water partition coefficient (Wildman–Crippen LogP) is 4.98. The first-order valence-electron chi connectivity index (χ1n) is 7.50. The summed E-state index contributed by atoms with van der Waals surface area (Å²) in [6.45, 7) is 0. The highest BCUT2D eigenvalue weighted by Crippen LogP contribution is 2.28. The number of non-ortho nitro benzene ring substituents is 1. The summed E-state index contributed by atoms with van der Waals surface area (Å²) < 4.78 is 0. The number of nitro benzene ring substituents is 1. The zero-order valence-electron chi connectivity index (χ0n) is 12.6. The van der Waals surface area contributed by atoms with Crippen LogP contribution in [0, 0.1) is 10.1 Å². The Kier molecular flexibility index (Phi) is 3.31. The van der Waals surface area contributed by atoms with E-state index in [4.69, 9.17) is 0 Å². The van der Waals surface area contributed by atoms with E-state index in [9.17, 15) is 10.1 Å². The number of para-hydroxylation sites is 1. The van der Waals surface area contributed by atoms with E-state index in [1.54, 1.807) is 18.3 Å². The molecule has 0 atom stereocenters. The molecule has 0 amide bonds. The molecule has 0 saturated heterocycles. The van der Waals surface area contributed by atoms with Gasteiger partial charge in [0, 0.05) is 40.2 Å². The van der Waals surface area contributed by atoms with Gasteiger partial charge in [0.2, 0.25) is 0 Å². The first-order chi connectivity index (χ1) is 11.7. The summed E-state index contributed by atoms with van der Waals surface area (Å²) in [5.41, 5.74) is 3.71. The molecule has 0 radical (unpaired) electrons. The number of rotatable bonds is 3. The van der Waals surface area contributed by atoms with Crippen LogP contribution in [0.25, 0.3) is 21.8 Å². The fourth-order valence-corrected chi connectivity index (χ4v) is 2.78. The maximum atomic E-state index is 10.8. The van der Waals surface area contributed by atoms with Crippen molar-refractivity contribution >= 4 is 39.4 Å². The molecule has 4 rings (SSSR count). The number of nitrogens with zero attached hydrogens (tertiary/aromatic N) is 2. The Balaban J connectivity index is 1.73. The Morgan fingerprint density at radius 3 is 2.62 bits per heavy atom. The van der Waals surface area contributed by atoms with Gasteiger partial charge in [-0.25, -0.2) is 0 Å². The van der Waals surface area contributed by atoms with Crippen molar-refractivity contribution in [1.29, 1.82) is 0 Å². The first-order valence-corrected chi connectivity index (χ1v) is 7.50. The van der Waals surface area contributed by atoms with Crippen LogP contribution >= 0.6 is 0 Å². The third kappa shape index (κ3) is 2.52. The second-order valence-electron chi connectivity index (χ2n) is 5.51. The van der Waals surface area contributed by atoms with Crippen LogP contribution < -0.4 is 0 Å². The van der Waals surface area contributed by atoms with Crippen molar-refractivity contribution in [3.8, 4) is 0 Å². The van der Waals surface area contributed by atoms with Gasteiger partial charge in [0.25, 0.3) is 5.69 Å². The van der Waals surface area contributed by atoms with Crippen LogP contribution in [0.15, 0.2) is 71.7 Å². The Labute approximate surface area is 137 Å². The molecule has 5 heteroatoms. The number of fused-ring (bicyclic) bond motifs is 3. The zero-order valence-corrected chi connectivity index (χ0v) is 12.6. The minimum absolute atomic E-state index is 0.0611. The molecule has 116 valence electrons. The highest BCUT2D eigenvalue weighted by atomic mass is 16.6. The topological polar surface area (TPSA) is 71.3 Å². The van der Waals surface area contributed by atoms with Crippen molar-refractivity contribution in [1.82, 2.24) is 4.98 Å². The number of H-pyrrole nitrogens is 1. The molecule has 3 aromatic carbocycles. The van der Waals surface area contributed by atoms with Crippen molar-refractivity contribution in [2.24, 2.45) is 4.99 Å². The largest absolute Gasteiger partial charge is 0.355 e. The van der Waals surface area contributed by atoms with Gasteiger partial charge < -0.3 is 4.98 Å². The molecule has 1 aromatic heterocycles. The summed E-state index contributed by atoms with van der Waals surface area (Å²) >= 11 is 0. The number of aromatic nitrogens is 1. The second kappa shape index (κ2) is 5.62. The van der Waals surface area contributed by atoms with Crippen LogP contribution in [-0.2, 0) is 0 Å². The maximum absolute atomic E-state index is 10.8. The monoisotopic (exact) mass is 315 g/mol. The number of nitro groups is 1. The smallest absolute Gasteiger partial charge is 0.270 e. The summed E-state index contributed by atoms with van der Waals surface area (Å²) in [6.07, 6.45) is 1.64. The first kappa shape index (κ1) is 14.1. The van der Waals surface area contributed by atoms with Crippen molar-refractivity contribution in [3.05, 3.63) is 82.4 Å². The molecule has 0 aliphatic carbocycles. The van der Waals surface area contributed by atoms with Gasteiger partial charge in [-0.1, -0.05) is 30.3 Å². The molecule has 1 N–H and O–H groups in total. The van der Waals surface area contributed by atoms with Crippen LogP contribution in [0.4, 0.5) is 11.4 Å². The predicted molar refractivity (Wildman–Crippen MR) is 96.2 cm³/mol. The van der Waals surface area contributed by atoms with Crippen LogP contribution in [-0.4, -0.2) is 16.1 Å². The van der Waals surface area contributed by atoms with E-state index in [-0.39, 0.29) is 5.69 Å². The van der Waals surface area contributed by atoms with E-state index in [0.717, 1.165) is 27.5 Å². The Hall–Kier alpha value is -3.47. The van der Waals surface area contributed by atoms with Crippen LogP contribution in [0.1, 0.15) is 5.56 Å². The lowest BCUT2D eigenvalue weighted by molar-refractivity contribution is -0.384. The van der Waals surface area contributed by atoms with Crippen molar-refractivity contribution in [2.75, 3.05) is 0 Å². The van der Waals surface area contributed by atoms with Crippen LogP contribution in [0.5, 0.6) is 0 Å². The number of hydrogen-bond donors (Lipinski definition) is 1. The van der Waals surface area contributed by atoms with Gasteiger partial charge in [0.1, 0.15) is 0 Å². The van der Waals surface area contributed by atoms with E-state index in [1.807, 2.05) is 36.4 Å². The molecule has 0 fully saturated rings. The molecule has 1 heterocycles. The highest BCUT2D eigenvalue weighted by Gasteiger charge is 2.05. The van der Waals surface area contributed by atoms with Crippen molar-refractivity contribution < 1.29 is 4.92 Å². The molecular weight excluding hydrogens is 302 g/mol. The maximum Gasteiger partial charge on any atom is 0.270 e. The number of benzene rings is 3. The van der Waals surface area contributed by atoms with E-state index in [2.05, 4.69) is 16.0 Å². The minimum Gasteiger partial charge on any atom is -0.355 e. The minimum atomic E-state index is -0.407. The van der Waals surface area contributed by atoms with Gasteiger partial charge in [-0.3, -0.25) is 15.1 Å². The third-order valence-corrected chi connectivity index (χ3v) is 3.93. The molecule has 0 aliphatic rings. The van der Waals surface area contributed by atoms with Gasteiger partial charge in [-0.2, -0.15) is 0 Å². The molecule has 0 unspecified atom stereocenters. The summed E-state index contributed by atoms with van der Waals surface area (Å²) in [7, 11) is 0. The molecular formula is C19H13N3O2. The van der Waals surface area contributed by atoms with Gasteiger partial charge in [-0.15, -0.1) is 0 Å². The molecule has 0 saturated carbocycles. The van der Waals surface area contributed by atoms with E-state index < -0.39 is 4.92 Å². The van der Waals surface area contributed by atoms with Crippen molar-refractivity contribution in [2.45, 2.75) is 0 Å².